The number of carbonyl (C=O) groups is 2. The number of hydrogen-bond donors (Lipinski definition) is 1. The summed E-state index contributed by atoms with van der Waals surface area (Å²) in [6, 6.07) is 2.14. The van der Waals surface area contributed by atoms with E-state index in [9.17, 15) is 22.8 Å². The van der Waals surface area contributed by atoms with Crippen LogP contribution < -0.4 is 0 Å². The SMILES string of the molecule is O=C(O)C1CCN(C(=O)c2cc(Cn3ccc(C(F)(F)F)n3)on2)C1. The predicted molar refractivity (Wildman–Crippen MR) is 74.5 cm³/mol. The van der Waals surface area contributed by atoms with Crippen LogP contribution in [0.1, 0.15) is 28.4 Å². The Morgan fingerprint density at radius 3 is 2.76 bits per heavy atom. The second kappa shape index (κ2) is 6.22. The molecule has 1 fully saturated rings. The summed E-state index contributed by atoms with van der Waals surface area (Å²) in [6.07, 6.45) is -3.03. The van der Waals surface area contributed by atoms with Crippen LogP contribution in [0, 0.1) is 5.92 Å². The Hall–Kier alpha value is -2.85. The molecule has 2 aromatic rings. The van der Waals surface area contributed by atoms with Gasteiger partial charge < -0.3 is 14.5 Å². The fourth-order valence-corrected chi connectivity index (χ4v) is 2.56. The quantitative estimate of drug-likeness (QED) is 0.888. The summed E-state index contributed by atoms with van der Waals surface area (Å²) in [5.74, 6) is -1.89. The molecule has 0 bridgehead atoms. The van der Waals surface area contributed by atoms with Gasteiger partial charge in [0.05, 0.1) is 5.92 Å². The van der Waals surface area contributed by atoms with Crippen molar-refractivity contribution in [1.29, 1.82) is 0 Å². The number of alkyl halides is 3. The van der Waals surface area contributed by atoms with E-state index in [2.05, 4.69) is 10.3 Å². The molecular formula is C14H13F3N4O4. The van der Waals surface area contributed by atoms with Gasteiger partial charge in [-0.25, -0.2) is 0 Å². The molecule has 0 saturated carbocycles. The molecule has 1 saturated heterocycles. The molecule has 1 amide bonds. The van der Waals surface area contributed by atoms with Crippen LogP contribution in [0.15, 0.2) is 22.9 Å². The number of carboxylic acids is 1. The van der Waals surface area contributed by atoms with Crippen LogP contribution >= 0.6 is 0 Å². The zero-order valence-electron chi connectivity index (χ0n) is 12.7. The Bertz CT molecular complexity index is 798. The summed E-state index contributed by atoms with van der Waals surface area (Å²) in [5.41, 5.74) is -1.05. The average molecular weight is 358 g/mol. The van der Waals surface area contributed by atoms with Crippen molar-refractivity contribution in [3.8, 4) is 0 Å². The van der Waals surface area contributed by atoms with E-state index in [4.69, 9.17) is 9.63 Å². The first-order valence-corrected chi connectivity index (χ1v) is 7.32. The lowest BCUT2D eigenvalue weighted by Gasteiger charge is -2.13. The average Bonchev–Trinajstić information content (AvgIpc) is 3.26. The normalized spacial score (nSPS) is 17.9. The number of carboxylic acid groups (broad SMARTS) is 1. The molecule has 1 atom stereocenters. The van der Waals surface area contributed by atoms with Crippen LogP contribution in [-0.4, -0.2) is 49.9 Å². The molecule has 0 spiro atoms. The molecule has 3 heterocycles. The van der Waals surface area contributed by atoms with E-state index < -0.39 is 29.7 Å². The van der Waals surface area contributed by atoms with Crippen LogP contribution in [0.3, 0.4) is 0 Å². The fraction of sp³-hybridized carbons (Fsp3) is 0.429. The number of nitrogens with zero attached hydrogens (tertiary/aromatic N) is 4. The molecule has 0 radical (unpaired) electrons. The van der Waals surface area contributed by atoms with Crippen molar-refractivity contribution in [2.75, 3.05) is 13.1 Å². The van der Waals surface area contributed by atoms with Gasteiger partial charge in [-0.3, -0.25) is 14.3 Å². The Kier molecular flexibility index (Phi) is 4.23. The van der Waals surface area contributed by atoms with Crippen molar-refractivity contribution in [3.63, 3.8) is 0 Å². The van der Waals surface area contributed by atoms with E-state index in [1.807, 2.05) is 0 Å². The van der Waals surface area contributed by atoms with E-state index >= 15 is 0 Å². The number of aliphatic carboxylic acids is 1. The highest BCUT2D eigenvalue weighted by Crippen LogP contribution is 2.27. The number of aromatic nitrogens is 3. The zero-order chi connectivity index (χ0) is 18.2. The van der Waals surface area contributed by atoms with Crippen LogP contribution in [0.25, 0.3) is 0 Å². The summed E-state index contributed by atoms with van der Waals surface area (Å²) in [6.45, 7) is 0.269. The van der Waals surface area contributed by atoms with Crippen molar-refractivity contribution >= 4 is 11.9 Å². The topological polar surface area (TPSA) is 101 Å². The Labute approximate surface area is 138 Å². The maximum Gasteiger partial charge on any atom is 0.435 e. The first kappa shape index (κ1) is 17.0. The molecule has 2 aromatic heterocycles. The van der Waals surface area contributed by atoms with E-state index in [-0.39, 0.29) is 24.5 Å². The molecule has 3 rings (SSSR count). The smallest absolute Gasteiger partial charge is 0.435 e. The Morgan fingerprint density at radius 2 is 2.16 bits per heavy atom. The van der Waals surface area contributed by atoms with Crippen molar-refractivity contribution < 1.29 is 32.4 Å². The molecule has 1 aliphatic rings. The highest BCUT2D eigenvalue weighted by molar-refractivity contribution is 5.92. The highest BCUT2D eigenvalue weighted by Gasteiger charge is 2.34. The van der Waals surface area contributed by atoms with Gasteiger partial charge in [-0.2, -0.15) is 18.3 Å². The summed E-state index contributed by atoms with van der Waals surface area (Å²) in [4.78, 5) is 24.5. The summed E-state index contributed by atoms with van der Waals surface area (Å²) < 4.78 is 43.5. The van der Waals surface area contributed by atoms with Crippen molar-refractivity contribution in [3.05, 3.63) is 35.5 Å². The van der Waals surface area contributed by atoms with Crippen LogP contribution in [0.2, 0.25) is 0 Å². The monoisotopic (exact) mass is 358 g/mol. The number of hydrogen-bond acceptors (Lipinski definition) is 5. The maximum absolute atomic E-state index is 12.5. The lowest BCUT2D eigenvalue weighted by molar-refractivity contribution is -0.142. The first-order valence-electron chi connectivity index (χ1n) is 7.32. The minimum atomic E-state index is -4.54. The van der Waals surface area contributed by atoms with Gasteiger partial charge in [-0.05, 0) is 12.5 Å². The van der Waals surface area contributed by atoms with Crippen LogP contribution in [-0.2, 0) is 17.5 Å². The summed E-state index contributed by atoms with van der Waals surface area (Å²) in [7, 11) is 0. The van der Waals surface area contributed by atoms with Crippen LogP contribution in [0.5, 0.6) is 0 Å². The third-order valence-electron chi connectivity index (χ3n) is 3.85. The second-order valence-electron chi connectivity index (χ2n) is 5.65. The molecule has 0 aromatic carbocycles. The van der Waals surface area contributed by atoms with Crippen LogP contribution in [0.4, 0.5) is 13.2 Å². The minimum absolute atomic E-state index is 0.0239. The number of rotatable bonds is 4. The van der Waals surface area contributed by atoms with E-state index in [0.29, 0.717) is 13.0 Å². The Morgan fingerprint density at radius 1 is 1.40 bits per heavy atom. The summed E-state index contributed by atoms with van der Waals surface area (Å²) >= 11 is 0. The maximum atomic E-state index is 12.5. The van der Waals surface area contributed by atoms with Crippen molar-refractivity contribution in [1.82, 2.24) is 19.8 Å². The minimum Gasteiger partial charge on any atom is -0.481 e. The predicted octanol–water partition coefficient (Wildman–Crippen LogP) is 1.48. The van der Waals surface area contributed by atoms with Gasteiger partial charge in [-0.1, -0.05) is 5.16 Å². The summed E-state index contributed by atoms with van der Waals surface area (Å²) in [5, 5.41) is 15.9. The van der Waals surface area contributed by atoms with E-state index in [0.717, 1.165) is 16.9 Å². The molecule has 25 heavy (non-hydrogen) atoms. The van der Waals surface area contributed by atoms with Gasteiger partial charge in [0, 0.05) is 25.4 Å². The van der Waals surface area contributed by atoms with Gasteiger partial charge in [0.15, 0.2) is 17.1 Å². The molecule has 1 unspecified atom stereocenters. The van der Waals surface area contributed by atoms with E-state index in [1.165, 1.54) is 11.0 Å². The van der Waals surface area contributed by atoms with Gasteiger partial charge in [-0.15, -0.1) is 0 Å². The van der Waals surface area contributed by atoms with Gasteiger partial charge in [0.2, 0.25) is 0 Å². The lowest BCUT2D eigenvalue weighted by Crippen LogP contribution is -2.30. The number of amides is 1. The molecule has 0 aliphatic carbocycles. The molecule has 134 valence electrons. The fourth-order valence-electron chi connectivity index (χ4n) is 2.56. The lowest BCUT2D eigenvalue weighted by atomic mass is 10.1. The molecule has 1 N–H and O–H groups in total. The van der Waals surface area contributed by atoms with Gasteiger partial charge >= 0.3 is 12.1 Å². The van der Waals surface area contributed by atoms with Crippen molar-refractivity contribution in [2.45, 2.75) is 19.1 Å². The molecular weight excluding hydrogens is 345 g/mol. The third kappa shape index (κ3) is 3.64. The van der Waals surface area contributed by atoms with Gasteiger partial charge in [0.25, 0.3) is 5.91 Å². The molecule has 8 nitrogen and oxygen atoms in total. The first-order chi connectivity index (χ1) is 11.7. The molecule has 1 aliphatic heterocycles. The van der Waals surface area contributed by atoms with Crippen molar-refractivity contribution in [2.24, 2.45) is 5.92 Å². The zero-order valence-corrected chi connectivity index (χ0v) is 12.7. The number of likely N-dealkylation sites (tertiary alicyclic amines) is 1. The Balaban J connectivity index is 1.65. The number of carbonyl (C=O) groups excluding carboxylic acids is 1. The number of halogens is 3. The standard InChI is InChI=1S/C14H13F3N4O4/c15-14(16,17)11-2-4-21(18-11)7-9-5-10(19-25-9)12(22)20-3-1-8(6-20)13(23)24/h2,4-5,8H,1,3,6-7H2,(H,23,24). The highest BCUT2D eigenvalue weighted by atomic mass is 19.4. The van der Waals surface area contributed by atoms with E-state index in [1.54, 1.807) is 0 Å². The third-order valence-corrected chi connectivity index (χ3v) is 3.85. The molecule has 11 heteroatoms. The largest absolute Gasteiger partial charge is 0.481 e. The second-order valence-corrected chi connectivity index (χ2v) is 5.65. The van der Waals surface area contributed by atoms with Gasteiger partial charge in [0.1, 0.15) is 6.54 Å².